The molecular formula is C26H24FN3O4. The highest BCUT2D eigenvalue weighted by molar-refractivity contribution is 5.72. The van der Waals surface area contributed by atoms with Gasteiger partial charge < -0.3 is 14.4 Å². The molecule has 8 heteroatoms. The molecular weight excluding hydrogens is 437 g/mol. The van der Waals surface area contributed by atoms with Crippen LogP contribution in [-0.4, -0.2) is 33.3 Å². The van der Waals surface area contributed by atoms with E-state index < -0.39 is 5.97 Å². The molecule has 0 spiro atoms. The van der Waals surface area contributed by atoms with E-state index in [1.165, 1.54) is 6.07 Å². The number of ether oxygens (including phenoxy) is 1. The molecule has 4 rings (SSSR count). The van der Waals surface area contributed by atoms with Crippen molar-refractivity contribution in [3.05, 3.63) is 77.9 Å². The van der Waals surface area contributed by atoms with Crippen LogP contribution < -0.4 is 0 Å². The highest BCUT2D eigenvalue weighted by Gasteiger charge is 2.15. The van der Waals surface area contributed by atoms with Crippen molar-refractivity contribution in [2.45, 2.75) is 32.3 Å². The first-order valence-corrected chi connectivity index (χ1v) is 10.9. The fraction of sp³-hybridized carbons (Fsp3) is 0.231. The molecule has 0 radical (unpaired) electrons. The Hall–Kier alpha value is -3.91. The number of unbranched alkanes of at least 4 members (excludes halogenated alkanes) is 1. The number of rotatable bonds is 10. The lowest BCUT2D eigenvalue weighted by atomic mass is 9.97. The number of aromatic nitrogens is 3. The van der Waals surface area contributed by atoms with Crippen molar-refractivity contribution in [3.8, 4) is 34.0 Å². The van der Waals surface area contributed by atoms with Gasteiger partial charge in [-0.15, -0.1) is 0 Å². The molecule has 0 atom stereocenters. The van der Waals surface area contributed by atoms with Gasteiger partial charge in [-0.2, -0.15) is 4.98 Å². The van der Waals surface area contributed by atoms with Crippen molar-refractivity contribution in [3.63, 3.8) is 0 Å². The summed E-state index contributed by atoms with van der Waals surface area (Å²) in [5.74, 6) is -0.338. The van der Waals surface area contributed by atoms with Crippen LogP contribution in [0.2, 0.25) is 0 Å². The summed E-state index contributed by atoms with van der Waals surface area (Å²) in [6.45, 7) is 0.302. The highest BCUT2D eigenvalue weighted by Crippen LogP contribution is 2.31. The zero-order valence-corrected chi connectivity index (χ0v) is 18.7. The maximum atomic E-state index is 14.3. The van der Waals surface area contributed by atoms with Gasteiger partial charge in [-0.25, -0.2) is 4.39 Å². The second-order valence-corrected chi connectivity index (χ2v) is 7.85. The Labute approximate surface area is 196 Å². The number of hydrogen-bond donors (Lipinski definition) is 1. The van der Waals surface area contributed by atoms with Gasteiger partial charge in [-0.1, -0.05) is 29.4 Å². The number of methoxy groups -OCH3 is 1. The van der Waals surface area contributed by atoms with E-state index in [2.05, 4.69) is 15.1 Å². The third-order valence-corrected chi connectivity index (χ3v) is 5.40. The van der Waals surface area contributed by atoms with E-state index in [1.807, 2.05) is 30.3 Å². The number of nitrogens with zero attached hydrogens (tertiary/aromatic N) is 3. The topological polar surface area (TPSA) is 98.3 Å². The summed E-state index contributed by atoms with van der Waals surface area (Å²) in [4.78, 5) is 19.5. The van der Waals surface area contributed by atoms with E-state index in [9.17, 15) is 9.18 Å². The molecule has 0 saturated carbocycles. The summed E-state index contributed by atoms with van der Waals surface area (Å²) in [6.07, 6.45) is 3.93. The monoisotopic (exact) mass is 461 g/mol. The van der Waals surface area contributed by atoms with Crippen molar-refractivity contribution in [1.29, 1.82) is 0 Å². The largest absolute Gasteiger partial charge is 0.481 e. The van der Waals surface area contributed by atoms with Crippen LogP contribution in [0.1, 0.15) is 30.5 Å². The molecule has 0 aliphatic rings. The Kier molecular flexibility index (Phi) is 7.39. The number of carbonyl (C=O) groups is 1. The Morgan fingerprint density at radius 1 is 1.06 bits per heavy atom. The first-order valence-electron chi connectivity index (χ1n) is 10.9. The number of hydrogen-bond acceptors (Lipinski definition) is 6. The lowest BCUT2D eigenvalue weighted by molar-refractivity contribution is -0.137. The number of pyridine rings is 1. The zero-order chi connectivity index (χ0) is 23.9. The molecule has 174 valence electrons. The lowest BCUT2D eigenvalue weighted by Crippen LogP contribution is -1.96. The predicted molar refractivity (Wildman–Crippen MR) is 124 cm³/mol. The van der Waals surface area contributed by atoms with Crippen molar-refractivity contribution in [2.24, 2.45) is 0 Å². The molecule has 2 aromatic heterocycles. The van der Waals surface area contributed by atoms with Crippen LogP contribution in [0.25, 0.3) is 34.0 Å². The summed E-state index contributed by atoms with van der Waals surface area (Å²) in [5.41, 5.74) is 4.34. The second kappa shape index (κ2) is 10.8. The van der Waals surface area contributed by atoms with E-state index in [-0.39, 0.29) is 12.2 Å². The Balaban J connectivity index is 1.52. The Morgan fingerprint density at radius 2 is 1.88 bits per heavy atom. The number of aryl methyl sites for hydroxylation is 1. The van der Waals surface area contributed by atoms with Crippen LogP contribution in [0.3, 0.4) is 0 Å². The maximum Gasteiger partial charge on any atom is 0.303 e. The molecule has 0 amide bonds. The van der Waals surface area contributed by atoms with Gasteiger partial charge in [0.1, 0.15) is 5.82 Å². The van der Waals surface area contributed by atoms with E-state index >= 15 is 0 Å². The molecule has 4 aromatic rings. The van der Waals surface area contributed by atoms with Crippen molar-refractivity contribution in [2.75, 3.05) is 7.11 Å². The standard InChI is InChI=1S/C26H24FN3O4/c1-33-16-19-14-17(11-13-21(19)22-7-3-4-8-23(22)27)26-29-25(30-34-26)18-10-12-20(28-15-18)6-2-5-9-24(31)32/h3-4,7-8,10-15H,2,5-6,9,16H2,1H3,(H,31,32). The van der Waals surface area contributed by atoms with Crippen LogP contribution >= 0.6 is 0 Å². The van der Waals surface area contributed by atoms with Gasteiger partial charge in [0.25, 0.3) is 5.89 Å². The smallest absolute Gasteiger partial charge is 0.303 e. The number of carboxylic acids is 1. The summed E-state index contributed by atoms with van der Waals surface area (Å²) in [5, 5.41) is 12.8. The molecule has 0 bridgehead atoms. The fourth-order valence-corrected chi connectivity index (χ4v) is 3.69. The molecule has 0 saturated heterocycles. The molecule has 0 unspecified atom stereocenters. The van der Waals surface area contributed by atoms with Gasteiger partial charge in [0.2, 0.25) is 5.82 Å². The molecule has 2 heterocycles. The average molecular weight is 461 g/mol. The molecule has 1 N–H and O–H groups in total. The van der Waals surface area contributed by atoms with Crippen LogP contribution in [-0.2, 0) is 22.6 Å². The van der Waals surface area contributed by atoms with Gasteiger partial charge >= 0.3 is 5.97 Å². The van der Waals surface area contributed by atoms with Crippen LogP contribution in [0, 0.1) is 5.82 Å². The quantitative estimate of drug-likeness (QED) is 0.309. The SMILES string of the molecule is COCc1cc(-c2nc(-c3ccc(CCCCC(=O)O)nc3)no2)ccc1-c1ccccc1F. The first kappa shape index (κ1) is 23.3. The van der Waals surface area contributed by atoms with Gasteiger partial charge in [0, 0.05) is 42.1 Å². The second-order valence-electron chi connectivity index (χ2n) is 7.85. The maximum absolute atomic E-state index is 14.3. The van der Waals surface area contributed by atoms with Gasteiger partial charge in [-0.05, 0) is 60.7 Å². The molecule has 0 aliphatic carbocycles. The minimum absolute atomic E-state index is 0.164. The number of benzene rings is 2. The molecule has 7 nitrogen and oxygen atoms in total. The van der Waals surface area contributed by atoms with Crippen LogP contribution in [0.4, 0.5) is 4.39 Å². The van der Waals surface area contributed by atoms with E-state index in [1.54, 1.807) is 31.5 Å². The molecule has 0 fully saturated rings. The van der Waals surface area contributed by atoms with Gasteiger partial charge in [0.15, 0.2) is 0 Å². The first-order chi connectivity index (χ1) is 16.5. The predicted octanol–water partition coefficient (Wildman–Crippen LogP) is 5.55. The zero-order valence-electron chi connectivity index (χ0n) is 18.7. The Morgan fingerprint density at radius 3 is 2.62 bits per heavy atom. The summed E-state index contributed by atoms with van der Waals surface area (Å²) in [7, 11) is 1.59. The number of carboxylic acid groups (broad SMARTS) is 1. The van der Waals surface area contributed by atoms with Crippen LogP contribution in [0.5, 0.6) is 0 Å². The Bertz CT molecular complexity index is 1270. The van der Waals surface area contributed by atoms with Crippen molar-refractivity contribution in [1.82, 2.24) is 15.1 Å². The molecule has 2 aromatic carbocycles. The number of halogens is 1. The van der Waals surface area contributed by atoms with E-state index in [4.69, 9.17) is 14.4 Å². The van der Waals surface area contributed by atoms with E-state index in [0.717, 1.165) is 23.2 Å². The summed E-state index contributed by atoms with van der Waals surface area (Å²) in [6, 6.07) is 15.9. The van der Waals surface area contributed by atoms with Gasteiger partial charge in [0.05, 0.1) is 6.61 Å². The minimum atomic E-state index is -0.785. The van der Waals surface area contributed by atoms with Gasteiger partial charge in [-0.3, -0.25) is 9.78 Å². The lowest BCUT2D eigenvalue weighted by Gasteiger charge is -2.11. The molecule has 0 aliphatic heterocycles. The van der Waals surface area contributed by atoms with Crippen molar-refractivity contribution >= 4 is 5.97 Å². The van der Waals surface area contributed by atoms with Crippen molar-refractivity contribution < 1.29 is 23.6 Å². The normalized spacial score (nSPS) is 11.0. The summed E-state index contributed by atoms with van der Waals surface area (Å²) < 4.78 is 25.2. The van der Waals surface area contributed by atoms with E-state index in [0.29, 0.717) is 47.9 Å². The fourth-order valence-electron chi connectivity index (χ4n) is 3.69. The summed E-state index contributed by atoms with van der Waals surface area (Å²) >= 11 is 0. The number of aliphatic carboxylic acids is 1. The minimum Gasteiger partial charge on any atom is -0.481 e. The third kappa shape index (κ3) is 5.52. The average Bonchev–Trinajstić information content (AvgIpc) is 3.33. The van der Waals surface area contributed by atoms with Crippen LogP contribution in [0.15, 0.2) is 65.3 Å². The highest BCUT2D eigenvalue weighted by atomic mass is 19.1. The molecule has 34 heavy (non-hydrogen) atoms. The third-order valence-electron chi connectivity index (χ3n) is 5.40.